The molecule has 0 N–H and O–H groups in total. The molecule has 0 aliphatic carbocycles. The Hall–Kier alpha value is -6.74. The Bertz CT molecular complexity index is 3300. The summed E-state index contributed by atoms with van der Waals surface area (Å²) in [5, 5.41) is 12.7. The number of thiophene rings is 1. The third-order valence-electron chi connectivity index (χ3n) is 11.5. The zero-order valence-electron chi connectivity index (χ0n) is 31.3. The smallest absolute Gasteiger partial charge is 0.0468 e. The minimum atomic E-state index is 1.14. The molecule has 0 aliphatic heterocycles. The molecule has 0 saturated heterocycles. The third-order valence-corrected chi connectivity index (χ3v) is 12.6. The third kappa shape index (κ3) is 5.29. The molecule has 56 heavy (non-hydrogen) atoms. The van der Waals surface area contributed by atoms with E-state index in [-0.39, 0.29) is 0 Å². The van der Waals surface area contributed by atoms with Crippen LogP contribution >= 0.6 is 11.3 Å². The lowest BCUT2D eigenvalue weighted by Crippen LogP contribution is -2.10. The van der Waals surface area contributed by atoms with Crippen LogP contribution in [0, 0.1) is 13.8 Å². The first kappa shape index (κ1) is 32.7. The first-order valence-corrected chi connectivity index (χ1v) is 20.1. The minimum Gasteiger partial charge on any atom is -0.310 e. The van der Waals surface area contributed by atoms with Gasteiger partial charge in [-0.2, -0.15) is 0 Å². The minimum absolute atomic E-state index is 1.14. The van der Waals surface area contributed by atoms with Crippen LogP contribution in [0.3, 0.4) is 0 Å². The van der Waals surface area contributed by atoms with Gasteiger partial charge in [0, 0.05) is 37.2 Å². The summed E-state index contributed by atoms with van der Waals surface area (Å²) in [4.78, 5) is 2.37. The Morgan fingerprint density at radius 2 is 0.893 bits per heavy atom. The van der Waals surface area contributed by atoms with Gasteiger partial charge in [-0.1, -0.05) is 121 Å². The Morgan fingerprint density at radius 3 is 1.61 bits per heavy atom. The van der Waals surface area contributed by atoms with Crippen LogP contribution in [0.1, 0.15) is 11.1 Å². The van der Waals surface area contributed by atoms with Crippen molar-refractivity contribution in [2.75, 3.05) is 4.90 Å². The summed E-state index contributed by atoms with van der Waals surface area (Å²) in [5.74, 6) is 0. The second kappa shape index (κ2) is 12.9. The largest absolute Gasteiger partial charge is 0.310 e. The van der Waals surface area contributed by atoms with Gasteiger partial charge in [0.25, 0.3) is 0 Å². The zero-order valence-corrected chi connectivity index (χ0v) is 32.1. The number of hydrogen-bond acceptors (Lipinski definition) is 2. The molecule has 0 radical (unpaired) electrons. The molecule has 0 amide bonds. The fraction of sp³-hybridized carbons (Fsp3) is 0.0370. The highest BCUT2D eigenvalue weighted by Crippen LogP contribution is 2.49. The Balaban J connectivity index is 1.15. The molecule has 0 spiro atoms. The molecule has 0 fully saturated rings. The van der Waals surface area contributed by atoms with E-state index >= 15 is 0 Å². The second-order valence-electron chi connectivity index (χ2n) is 15.1. The molecular formula is C54H37NS. The van der Waals surface area contributed by atoms with Gasteiger partial charge in [0.2, 0.25) is 0 Å². The monoisotopic (exact) mass is 731 g/mol. The lowest BCUT2D eigenvalue weighted by atomic mass is 9.83. The number of aryl methyl sites for hydroxylation is 2. The average Bonchev–Trinajstić information content (AvgIpc) is 3.61. The summed E-state index contributed by atoms with van der Waals surface area (Å²) >= 11 is 1.88. The van der Waals surface area contributed by atoms with Gasteiger partial charge in [0.1, 0.15) is 0 Å². The highest BCUT2D eigenvalue weighted by molar-refractivity contribution is 7.26. The normalized spacial score (nSPS) is 11.8. The van der Waals surface area contributed by atoms with E-state index < -0.39 is 0 Å². The van der Waals surface area contributed by atoms with Crippen molar-refractivity contribution in [2.45, 2.75) is 13.8 Å². The molecule has 0 aliphatic rings. The van der Waals surface area contributed by atoms with Crippen molar-refractivity contribution >= 4 is 91.7 Å². The highest BCUT2D eigenvalue weighted by Gasteiger charge is 2.21. The van der Waals surface area contributed by atoms with E-state index in [9.17, 15) is 0 Å². The van der Waals surface area contributed by atoms with Crippen LogP contribution < -0.4 is 4.90 Å². The van der Waals surface area contributed by atoms with Gasteiger partial charge in [0.05, 0.1) is 0 Å². The molecule has 1 nitrogen and oxygen atoms in total. The fourth-order valence-electron chi connectivity index (χ4n) is 8.96. The number of hydrogen-bond donors (Lipinski definition) is 0. The summed E-state index contributed by atoms with van der Waals surface area (Å²) in [5.41, 5.74) is 11.0. The Labute approximate surface area is 330 Å². The summed E-state index contributed by atoms with van der Waals surface area (Å²) in [7, 11) is 0. The summed E-state index contributed by atoms with van der Waals surface area (Å²) in [6.45, 7) is 4.32. The summed E-state index contributed by atoms with van der Waals surface area (Å²) < 4.78 is 2.65. The number of fused-ring (bicyclic) bond motifs is 7. The predicted molar refractivity (Wildman–Crippen MR) is 244 cm³/mol. The molecular weight excluding hydrogens is 695 g/mol. The maximum atomic E-state index is 2.43. The van der Waals surface area contributed by atoms with E-state index in [1.165, 1.54) is 96.6 Å². The summed E-state index contributed by atoms with van der Waals surface area (Å²) in [6, 6.07) is 69.9. The molecule has 264 valence electrons. The average molecular weight is 732 g/mol. The lowest BCUT2D eigenvalue weighted by Gasteiger charge is -2.26. The first-order valence-electron chi connectivity index (χ1n) is 19.3. The van der Waals surface area contributed by atoms with Gasteiger partial charge in [-0.15, -0.1) is 11.3 Å². The van der Waals surface area contributed by atoms with E-state index in [0.29, 0.717) is 0 Å². The van der Waals surface area contributed by atoms with Crippen LogP contribution in [0.25, 0.3) is 85.5 Å². The topological polar surface area (TPSA) is 3.24 Å². The maximum Gasteiger partial charge on any atom is 0.0468 e. The molecule has 11 rings (SSSR count). The first-order chi connectivity index (χ1) is 27.6. The standard InChI is InChI=1S/C54H37NS/c1-34-12-9-16-41(28-34)55(42-17-10-13-35(2)29-42)43-27-26-38-30-40(25-24-39(38)31-43)52-44-18-5-6-19-45(44)53(49-33-37-15-4-3-14-36(37)32-48(49)52)47-21-11-23-51-54(47)46-20-7-8-22-50(46)56-51/h3-33H,1-2H3. The van der Waals surface area contributed by atoms with Gasteiger partial charge < -0.3 is 4.90 Å². The second-order valence-corrected chi connectivity index (χ2v) is 16.2. The van der Waals surface area contributed by atoms with E-state index in [2.05, 4.69) is 207 Å². The van der Waals surface area contributed by atoms with Crippen molar-refractivity contribution in [3.05, 3.63) is 199 Å². The van der Waals surface area contributed by atoms with Crippen LogP contribution in [0.2, 0.25) is 0 Å². The highest BCUT2D eigenvalue weighted by atomic mass is 32.1. The Morgan fingerprint density at radius 1 is 0.357 bits per heavy atom. The van der Waals surface area contributed by atoms with Gasteiger partial charge in [-0.3, -0.25) is 0 Å². The van der Waals surface area contributed by atoms with Crippen LogP contribution in [-0.4, -0.2) is 0 Å². The number of rotatable bonds is 5. The molecule has 1 heterocycles. The Kier molecular flexibility index (Phi) is 7.55. The van der Waals surface area contributed by atoms with Gasteiger partial charge >= 0.3 is 0 Å². The number of nitrogens with zero attached hydrogens (tertiary/aromatic N) is 1. The molecule has 1 aromatic heterocycles. The van der Waals surface area contributed by atoms with Crippen LogP contribution in [0.15, 0.2) is 188 Å². The van der Waals surface area contributed by atoms with E-state index in [4.69, 9.17) is 0 Å². The van der Waals surface area contributed by atoms with Gasteiger partial charge in [0.15, 0.2) is 0 Å². The van der Waals surface area contributed by atoms with Gasteiger partial charge in [-0.05, 0) is 157 Å². The maximum absolute atomic E-state index is 2.43. The fourth-order valence-corrected chi connectivity index (χ4v) is 10.1. The quantitative estimate of drug-likeness (QED) is 0.159. The van der Waals surface area contributed by atoms with Crippen molar-refractivity contribution in [2.24, 2.45) is 0 Å². The van der Waals surface area contributed by atoms with Crippen molar-refractivity contribution < 1.29 is 0 Å². The molecule has 11 aromatic rings. The predicted octanol–water partition coefficient (Wildman–Crippen LogP) is 16.1. The van der Waals surface area contributed by atoms with Gasteiger partial charge in [-0.25, -0.2) is 0 Å². The number of anilines is 3. The molecule has 0 bridgehead atoms. The molecule has 0 saturated carbocycles. The molecule has 0 atom stereocenters. The SMILES string of the molecule is Cc1cccc(N(c2cccc(C)c2)c2ccc3cc(-c4c5ccccc5c(-c5cccc6sc7ccccc7c56)c5cc6ccccc6cc45)ccc3c2)c1. The molecule has 2 heteroatoms. The number of benzene rings is 10. The van der Waals surface area contributed by atoms with Crippen LogP contribution in [0.5, 0.6) is 0 Å². The molecule has 10 aromatic carbocycles. The van der Waals surface area contributed by atoms with E-state index in [1.54, 1.807) is 0 Å². The van der Waals surface area contributed by atoms with Crippen molar-refractivity contribution in [1.29, 1.82) is 0 Å². The zero-order chi connectivity index (χ0) is 37.3. The van der Waals surface area contributed by atoms with E-state index in [0.717, 1.165) is 17.1 Å². The van der Waals surface area contributed by atoms with Crippen molar-refractivity contribution in [3.63, 3.8) is 0 Å². The van der Waals surface area contributed by atoms with Crippen molar-refractivity contribution in [1.82, 2.24) is 0 Å². The summed E-state index contributed by atoms with van der Waals surface area (Å²) in [6.07, 6.45) is 0. The lowest BCUT2D eigenvalue weighted by molar-refractivity contribution is 1.26. The van der Waals surface area contributed by atoms with E-state index in [1.807, 2.05) is 11.3 Å². The molecule has 0 unspecified atom stereocenters. The van der Waals surface area contributed by atoms with Crippen LogP contribution in [-0.2, 0) is 0 Å². The van der Waals surface area contributed by atoms with Crippen molar-refractivity contribution in [3.8, 4) is 22.3 Å². The van der Waals surface area contributed by atoms with Crippen LogP contribution in [0.4, 0.5) is 17.1 Å².